The van der Waals surface area contributed by atoms with E-state index in [1.54, 1.807) is 6.20 Å². The van der Waals surface area contributed by atoms with E-state index in [9.17, 15) is 0 Å². The summed E-state index contributed by atoms with van der Waals surface area (Å²) in [5.41, 5.74) is 0.882. The molecule has 0 bridgehead atoms. The second-order valence-electron chi connectivity index (χ2n) is 2.48. The Kier molecular flexibility index (Phi) is 4.41. The maximum atomic E-state index is 8.81. The predicted octanol–water partition coefficient (Wildman–Crippen LogP) is 0.755. The monoisotopic (exact) mass is 245 g/mol. The number of hydrogen-bond donors (Lipinski definition) is 2. The topological polar surface area (TPSA) is 85.9 Å². The Balaban J connectivity index is 0.000000245. The maximum absolute atomic E-state index is 8.81. The molecule has 1 aromatic carbocycles. The van der Waals surface area contributed by atoms with E-state index in [1.807, 2.05) is 24.3 Å². The second-order valence-corrected chi connectivity index (χ2v) is 3.39. The Morgan fingerprint density at radius 1 is 1.27 bits per heavy atom. The molecular weight excluding hydrogens is 238 g/mol. The molecule has 0 atom stereocenters. The molecule has 2 N–H and O–H groups in total. The fourth-order valence-electron chi connectivity index (χ4n) is 0.950. The Morgan fingerprint density at radius 3 is 2.53 bits per heavy atom. The number of nitrogens with zero attached hydrogens (tertiary/aromatic N) is 2. The van der Waals surface area contributed by atoms with Gasteiger partial charge in [0.25, 0.3) is 0 Å². The lowest BCUT2D eigenvalue weighted by Crippen LogP contribution is -1.85. The van der Waals surface area contributed by atoms with Crippen molar-refractivity contribution in [3.05, 3.63) is 35.7 Å². The number of fused-ring (bicyclic) bond motifs is 1. The quantitative estimate of drug-likeness (QED) is 0.530. The van der Waals surface area contributed by atoms with Gasteiger partial charge in [-0.2, -0.15) is 0 Å². The minimum Gasteiger partial charge on any atom is -0.231 e. The van der Waals surface area contributed by atoms with Crippen LogP contribution in [0.4, 0.5) is 0 Å². The summed E-state index contributed by atoms with van der Waals surface area (Å²) < 4.78 is 17.6. The van der Waals surface area contributed by atoms with Gasteiger partial charge in [-0.05, 0) is 17.7 Å². The van der Waals surface area contributed by atoms with Crippen molar-refractivity contribution in [1.82, 2.24) is 9.97 Å². The number of halogens is 1. The molecule has 0 unspecified atom stereocenters. The molecule has 0 fully saturated rings. The van der Waals surface area contributed by atoms with Gasteiger partial charge >= 0.3 is 0 Å². The molecule has 15 heavy (non-hydrogen) atoms. The first kappa shape index (κ1) is 11.8. The van der Waals surface area contributed by atoms with Crippen LogP contribution in [0.15, 0.2) is 30.5 Å². The number of thiol groups is 1. The van der Waals surface area contributed by atoms with E-state index in [1.165, 1.54) is 0 Å². The van der Waals surface area contributed by atoms with Crippen molar-refractivity contribution in [2.45, 2.75) is 0 Å². The summed E-state index contributed by atoms with van der Waals surface area (Å²) in [6.07, 6.45) is 1.71. The van der Waals surface area contributed by atoms with Crippen molar-refractivity contribution in [2.24, 2.45) is 5.14 Å². The molecule has 1 heterocycles. The van der Waals surface area contributed by atoms with Crippen LogP contribution in [-0.4, -0.2) is 18.4 Å². The van der Waals surface area contributed by atoms with E-state index in [2.05, 4.69) is 15.1 Å². The molecular formula is C8H8ClN3O2S. The average Bonchev–Trinajstić information content (AvgIpc) is 2.16. The van der Waals surface area contributed by atoms with E-state index >= 15 is 0 Å². The molecule has 0 aliphatic rings. The van der Waals surface area contributed by atoms with Gasteiger partial charge in [-0.15, -0.1) is 0 Å². The zero-order valence-corrected chi connectivity index (χ0v) is 9.15. The Hall–Kier alpha value is -1.24. The van der Waals surface area contributed by atoms with Crippen LogP contribution in [0, 0.1) is 0 Å². The SMILES string of the molecule is Clc1ncc2ccccc2n1.N[SH](=O)=O. The Morgan fingerprint density at radius 2 is 1.87 bits per heavy atom. The third kappa shape index (κ3) is 4.20. The highest BCUT2D eigenvalue weighted by molar-refractivity contribution is 7.69. The minimum atomic E-state index is -2.62. The zero-order valence-electron chi connectivity index (χ0n) is 7.50. The second kappa shape index (κ2) is 5.59. The molecule has 0 spiro atoms. The number of hydrogen-bond acceptors (Lipinski definition) is 4. The predicted molar refractivity (Wildman–Crippen MR) is 59.1 cm³/mol. The van der Waals surface area contributed by atoms with E-state index in [4.69, 9.17) is 20.0 Å². The molecule has 0 amide bonds. The lowest BCUT2D eigenvalue weighted by atomic mass is 10.2. The number of rotatable bonds is 0. The highest BCUT2D eigenvalue weighted by Crippen LogP contribution is 2.11. The Bertz CT molecular complexity index is 522. The molecule has 0 aliphatic heterocycles. The molecule has 0 saturated heterocycles. The van der Waals surface area contributed by atoms with Crippen LogP contribution in [0.25, 0.3) is 10.9 Å². The van der Waals surface area contributed by atoms with Crippen molar-refractivity contribution in [2.75, 3.05) is 0 Å². The van der Waals surface area contributed by atoms with Crippen molar-refractivity contribution < 1.29 is 8.42 Å². The molecule has 0 radical (unpaired) electrons. The molecule has 1 aromatic heterocycles. The first-order chi connectivity index (χ1) is 7.09. The summed E-state index contributed by atoms with van der Waals surface area (Å²) in [5.74, 6) is 0. The van der Waals surface area contributed by atoms with Crippen LogP contribution in [0.2, 0.25) is 5.28 Å². The van der Waals surface area contributed by atoms with Gasteiger partial charge in [0, 0.05) is 11.6 Å². The standard InChI is InChI=1S/C8H5ClN2.H3NO2S/c9-8-10-5-6-3-1-2-4-7(6)11-8;1-4(2)3/h1-5H;4H,(H2,1,2,3). The molecule has 2 rings (SSSR count). The fourth-order valence-corrected chi connectivity index (χ4v) is 1.09. The Labute approximate surface area is 93.0 Å². The summed E-state index contributed by atoms with van der Waals surface area (Å²) in [7, 11) is -2.62. The van der Waals surface area contributed by atoms with Gasteiger partial charge in [0.05, 0.1) is 5.52 Å². The smallest absolute Gasteiger partial charge is 0.222 e. The van der Waals surface area contributed by atoms with Gasteiger partial charge in [0.15, 0.2) is 10.9 Å². The molecule has 7 heteroatoms. The number of nitrogens with two attached hydrogens (primary N) is 1. The summed E-state index contributed by atoms with van der Waals surface area (Å²) in [6.45, 7) is 0. The largest absolute Gasteiger partial charge is 0.231 e. The van der Waals surface area contributed by atoms with Crippen molar-refractivity contribution >= 4 is 33.4 Å². The zero-order chi connectivity index (χ0) is 11.3. The normalized spacial score (nSPS) is 9.80. The highest BCUT2D eigenvalue weighted by Gasteiger charge is 1.93. The lowest BCUT2D eigenvalue weighted by molar-refractivity contribution is 0.616. The van der Waals surface area contributed by atoms with E-state index in [0.717, 1.165) is 10.9 Å². The van der Waals surface area contributed by atoms with Crippen molar-refractivity contribution in [3.63, 3.8) is 0 Å². The van der Waals surface area contributed by atoms with E-state index in [0.29, 0.717) is 5.28 Å². The van der Waals surface area contributed by atoms with Gasteiger partial charge in [0.1, 0.15) is 0 Å². The van der Waals surface area contributed by atoms with Crippen LogP contribution in [-0.2, 0) is 10.9 Å². The summed E-state index contributed by atoms with van der Waals surface area (Å²) in [5, 5.41) is 5.37. The van der Waals surface area contributed by atoms with Crippen LogP contribution in [0.5, 0.6) is 0 Å². The number of benzene rings is 1. The lowest BCUT2D eigenvalue weighted by Gasteiger charge is -1.93. The third-order valence-electron chi connectivity index (χ3n) is 1.46. The highest BCUT2D eigenvalue weighted by atomic mass is 35.5. The number of aromatic nitrogens is 2. The van der Waals surface area contributed by atoms with E-state index < -0.39 is 10.9 Å². The first-order valence-corrected chi connectivity index (χ1v) is 5.48. The molecule has 5 nitrogen and oxygen atoms in total. The average molecular weight is 246 g/mol. The first-order valence-electron chi connectivity index (χ1n) is 3.86. The van der Waals surface area contributed by atoms with Gasteiger partial charge < -0.3 is 0 Å². The fraction of sp³-hybridized carbons (Fsp3) is 0. The van der Waals surface area contributed by atoms with Crippen molar-refractivity contribution in [3.8, 4) is 0 Å². The van der Waals surface area contributed by atoms with Crippen LogP contribution in [0.3, 0.4) is 0 Å². The molecule has 2 aromatic rings. The maximum Gasteiger partial charge on any atom is 0.222 e. The minimum absolute atomic E-state index is 0.295. The van der Waals surface area contributed by atoms with Crippen molar-refractivity contribution in [1.29, 1.82) is 0 Å². The van der Waals surface area contributed by atoms with Gasteiger partial charge in [-0.3, -0.25) is 0 Å². The third-order valence-corrected chi connectivity index (χ3v) is 1.64. The summed E-state index contributed by atoms with van der Waals surface area (Å²) in [6, 6.07) is 7.72. The molecule has 0 saturated carbocycles. The van der Waals surface area contributed by atoms with Gasteiger partial charge in [-0.25, -0.2) is 23.5 Å². The van der Waals surface area contributed by atoms with Crippen LogP contribution < -0.4 is 5.14 Å². The van der Waals surface area contributed by atoms with Crippen LogP contribution in [0.1, 0.15) is 0 Å². The van der Waals surface area contributed by atoms with Crippen LogP contribution >= 0.6 is 11.6 Å². The van der Waals surface area contributed by atoms with E-state index in [-0.39, 0.29) is 0 Å². The molecule has 80 valence electrons. The molecule has 0 aliphatic carbocycles. The number of para-hydroxylation sites is 1. The van der Waals surface area contributed by atoms with Gasteiger partial charge in [-0.1, -0.05) is 18.2 Å². The summed E-state index contributed by atoms with van der Waals surface area (Å²) in [4.78, 5) is 7.89. The summed E-state index contributed by atoms with van der Waals surface area (Å²) >= 11 is 5.60. The van der Waals surface area contributed by atoms with Gasteiger partial charge in [0.2, 0.25) is 5.28 Å².